The van der Waals surface area contributed by atoms with Crippen LogP contribution >= 0.6 is 31.9 Å². The Balaban J connectivity index is 0.000000267. The van der Waals surface area contributed by atoms with Crippen molar-refractivity contribution in [2.45, 2.75) is 25.7 Å². The molecule has 4 aromatic carbocycles. The van der Waals surface area contributed by atoms with Gasteiger partial charge in [0.1, 0.15) is 11.5 Å². The Morgan fingerprint density at radius 2 is 0.949 bits per heavy atom. The van der Waals surface area contributed by atoms with Crippen LogP contribution < -0.4 is 10.2 Å². The summed E-state index contributed by atoms with van der Waals surface area (Å²) < 4.78 is 1.20. The second-order valence-corrected chi connectivity index (χ2v) is 10.5. The number of hydrogen-bond donors (Lipinski definition) is 2. The Kier molecular flexibility index (Phi) is 11.9. The van der Waals surface area contributed by atoms with Gasteiger partial charge >= 0.3 is 19.5 Å². The summed E-state index contributed by atoms with van der Waals surface area (Å²) in [5, 5.41) is 42.1. The van der Waals surface area contributed by atoms with Gasteiger partial charge in [-0.2, -0.15) is 0 Å². The number of rotatable bonds is 6. The number of aromatic hydroxyl groups is 2. The maximum Gasteiger partial charge on any atom is 2.00 e. The fourth-order valence-corrected chi connectivity index (χ4v) is 5.01. The van der Waals surface area contributed by atoms with E-state index in [1.54, 1.807) is 12.1 Å². The van der Waals surface area contributed by atoms with Gasteiger partial charge in [-0.3, -0.25) is 0 Å². The molecule has 6 nitrogen and oxygen atoms in total. The average Bonchev–Trinajstić information content (AvgIpc) is 2.91. The quantitative estimate of drug-likeness (QED) is 0.262. The molecule has 196 valence electrons. The van der Waals surface area contributed by atoms with Gasteiger partial charge in [-0.05, 0) is 35.4 Å². The van der Waals surface area contributed by atoms with Gasteiger partial charge in [0.25, 0.3) is 0 Å². The zero-order valence-electron chi connectivity index (χ0n) is 21.2. The van der Waals surface area contributed by atoms with Crippen molar-refractivity contribution in [3.8, 4) is 11.5 Å². The summed E-state index contributed by atoms with van der Waals surface area (Å²) >= 11 is 6.51. The van der Waals surface area contributed by atoms with E-state index in [-0.39, 0.29) is 53.9 Å². The molecule has 0 aliphatic rings. The first kappa shape index (κ1) is 32.2. The fraction of sp³-hybridized carbons (Fsp3) is 0.133. The molecule has 0 amide bonds. The molecule has 0 bridgehead atoms. The van der Waals surface area contributed by atoms with Crippen molar-refractivity contribution in [1.29, 1.82) is 0 Å². The molecular weight excluding hydrogens is 682 g/mol. The minimum Gasteiger partial charge on any atom is -0.545 e. The van der Waals surface area contributed by atoms with Gasteiger partial charge < -0.3 is 30.0 Å². The zero-order valence-corrected chi connectivity index (χ0v) is 27.4. The van der Waals surface area contributed by atoms with Crippen LogP contribution in [0.2, 0.25) is 0 Å². The maximum absolute atomic E-state index is 11.0. The summed E-state index contributed by atoms with van der Waals surface area (Å²) in [6.45, 7) is 3.83. The van der Waals surface area contributed by atoms with Crippen LogP contribution in [0.25, 0.3) is 0 Å². The SMILES string of the molecule is CC(c1ccccc1)c1cc(Br)cc(C(=O)[O-])c1O.CC(c1ccccc1)c1cc(Br)cc(C(=O)[O-])c1O.[Zn+2]. The molecule has 0 aliphatic carbocycles. The van der Waals surface area contributed by atoms with Crippen LogP contribution in [0, 0.1) is 0 Å². The maximum atomic E-state index is 11.0. The van der Waals surface area contributed by atoms with E-state index in [1.165, 1.54) is 12.1 Å². The summed E-state index contributed by atoms with van der Waals surface area (Å²) in [5.41, 5.74) is 2.71. The number of phenols is 2. The van der Waals surface area contributed by atoms with Gasteiger partial charge in [-0.1, -0.05) is 106 Å². The second-order valence-electron chi connectivity index (χ2n) is 8.62. The first-order chi connectivity index (χ1) is 18.0. The van der Waals surface area contributed by atoms with Crippen LogP contribution in [0.1, 0.15) is 68.7 Å². The fourth-order valence-electron chi connectivity index (χ4n) is 4.05. The van der Waals surface area contributed by atoms with Crippen molar-refractivity contribution in [3.05, 3.63) is 127 Å². The number of carbonyl (C=O) groups excluding carboxylic acids is 2. The van der Waals surface area contributed by atoms with Gasteiger partial charge in [-0.25, -0.2) is 0 Å². The number of halogens is 2. The predicted molar refractivity (Wildman–Crippen MR) is 148 cm³/mol. The van der Waals surface area contributed by atoms with Gasteiger partial charge in [0.2, 0.25) is 0 Å². The zero-order chi connectivity index (χ0) is 28.0. The number of aromatic carboxylic acids is 2. The minimum atomic E-state index is -1.39. The monoisotopic (exact) mass is 702 g/mol. The molecule has 4 aromatic rings. The number of carboxylic acid groups (broad SMARTS) is 2. The van der Waals surface area contributed by atoms with Crippen LogP contribution in [0.5, 0.6) is 11.5 Å². The molecule has 0 saturated carbocycles. The topological polar surface area (TPSA) is 121 Å². The van der Waals surface area contributed by atoms with E-state index >= 15 is 0 Å². The number of benzene rings is 4. The standard InChI is InChI=1S/2C15H13BrO3.Zn/c2*1-9(10-5-3-2-4-6-10)12-7-11(16)8-13(14(12)17)15(18)19;/h2*2-9,17H,1H3,(H,18,19);/q;;+2/p-2. The first-order valence-corrected chi connectivity index (χ1v) is 13.2. The Bertz CT molecular complexity index is 1330. The third-order valence-corrected chi connectivity index (χ3v) is 7.10. The molecule has 0 aromatic heterocycles. The van der Waals surface area contributed by atoms with Crippen LogP contribution in [-0.4, -0.2) is 22.2 Å². The van der Waals surface area contributed by atoms with Gasteiger partial charge in [-0.15, -0.1) is 0 Å². The molecule has 0 spiro atoms. The smallest absolute Gasteiger partial charge is 0.545 e. The van der Waals surface area contributed by atoms with Crippen LogP contribution in [0.3, 0.4) is 0 Å². The molecule has 0 fully saturated rings. The molecule has 0 radical (unpaired) electrons. The van der Waals surface area contributed by atoms with E-state index in [0.29, 0.717) is 20.1 Å². The van der Waals surface area contributed by atoms with Crippen molar-refractivity contribution in [1.82, 2.24) is 0 Å². The van der Waals surface area contributed by atoms with Crippen molar-refractivity contribution in [2.75, 3.05) is 0 Å². The second kappa shape index (κ2) is 14.4. The summed E-state index contributed by atoms with van der Waals surface area (Å²) in [6.07, 6.45) is 0. The van der Waals surface area contributed by atoms with Crippen LogP contribution in [0.15, 0.2) is 93.9 Å². The van der Waals surface area contributed by atoms with Gasteiger partial charge in [0.15, 0.2) is 0 Å². The molecule has 9 heteroatoms. The van der Waals surface area contributed by atoms with Crippen molar-refractivity contribution in [2.24, 2.45) is 0 Å². The Hall–Kier alpha value is -3.00. The normalized spacial score (nSPS) is 11.8. The van der Waals surface area contributed by atoms with E-state index in [9.17, 15) is 30.0 Å². The van der Waals surface area contributed by atoms with Crippen molar-refractivity contribution < 1.29 is 49.5 Å². The molecule has 0 aliphatic heterocycles. The molecule has 2 N–H and O–H groups in total. The number of hydrogen-bond acceptors (Lipinski definition) is 6. The summed E-state index contributed by atoms with van der Waals surface area (Å²) in [4.78, 5) is 22.0. The van der Waals surface area contributed by atoms with Crippen molar-refractivity contribution >= 4 is 43.8 Å². The molecule has 0 saturated heterocycles. The molecular formula is C30H24Br2O6Zn. The Morgan fingerprint density at radius 1 is 0.641 bits per heavy atom. The van der Waals surface area contributed by atoms with E-state index in [1.807, 2.05) is 74.5 Å². The summed E-state index contributed by atoms with van der Waals surface area (Å²) in [7, 11) is 0. The van der Waals surface area contributed by atoms with E-state index in [0.717, 1.165) is 11.1 Å². The third kappa shape index (κ3) is 8.01. The first-order valence-electron chi connectivity index (χ1n) is 11.6. The Morgan fingerprint density at radius 3 is 1.23 bits per heavy atom. The van der Waals surface area contributed by atoms with E-state index in [2.05, 4.69) is 31.9 Å². The molecule has 2 unspecified atom stereocenters. The average molecular weight is 706 g/mol. The number of carboxylic acids is 2. The number of carbonyl (C=O) groups is 2. The molecule has 4 rings (SSSR count). The molecule has 39 heavy (non-hydrogen) atoms. The molecule has 0 heterocycles. The predicted octanol–water partition coefficient (Wildman–Crippen LogP) is 5.34. The Labute approximate surface area is 256 Å². The van der Waals surface area contributed by atoms with Gasteiger partial charge in [0.05, 0.1) is 11.9 Å². The molecule has 2 atom stereocenters. The summed E-state index contributed by atoms with van der Waals surface area (Å²) in [6, 6.07) is 25.3. The minimum absolute atomic E-state index is 0. The summed E-state index contributed by atoms with van der Waals surface area (Å²) in [5.74, 6) is -3.48. The van der Waals surface area contributed by atoms with Crippen LogP contribution in [0.4, 0.5) is 0 Å². The van der Waals surface area contributed by atoms with E-state index in [4.69, 9.17) is 0 Å². The van der Waals surface area contributed by atoms with E-state index < -0.39 is 11.9 Å². The van der Waals surface area contributed by atoms with Crippen molar-refractivity contribution in [3.63, 3.8) is 0 Å². The largest absolute Gasteiger partial charge is 2.00 e. The van der Waals surface area contributed by atoms with Gasteiger partial charge in [0, 0.05) is 43.0 Å². The third-order valence-electron chi connectivity index (χ3n) is 6.18. The van der Waals surface area contributed by atoms with Crippen LogP contribution in [-0.2, 0) is 19.5 Å².